The van der Waals surface area contributed by atoms with Crippen LogP contribution in [-0.4, -0.2) is 14.2 Å². The first-order valence-electron chi connectivity index (χ1n) is 3.85. The van der Waals surface area contributed by atoms with Crippen molar-refractivity contribution < 1.29 is 21.6 Å². The topological polar surface area (TPSA) is 34.1 Å². The summed E-state index contributed by atoms with van der Waals surface area (Å²) in [5, 5.41) is 0. The Labute approximate surface area is 89.1 Å². The predicted molar refractivity (Wildman–Crippen MR) is 49.7 cm³/mol. The van der Waals surface area contributed by atoms with E-state index in [4.69, 9.17) is 10.7 Å². The van der Waals surface area contributed by atoms with Gasteiger partial charge in [-0.05, 0) is 18.1 Å². The van der Waals surface area contributed by atoms with Crippen LogP contribution in [0.4, 0.5) is 13.2 Å². The van der Waals surface area contributed by atoms with Crippen LogP contribution in [0, 0.1) is 17.5 Å². The minimum atomic E-state index is -3.77. The Morgan fingerprint density at radius 2 is 1.60 bits per heavy atom. The van der Waals surface area contributed by atoms with Gasteiger partial charge in [-0.3, -0.25) is 0 Å². The predicted octanol–water partition coefficient (Wildman–Crippen LogP) is 2.22. The Morgan fingerprint density at radius 1 is 1.07 bits per heavy atom. The van der Waals surface area contributed by atoms with Crippen LogP contribution in [0.2, 0.25) is 0 Å². The quantitative estimate of drug-likeness (QED) is 0.615. The summed E-state index contributed by atoms with van der Waals surface area (Å²) in [6.07, 6.45) is -0.297. The molecular weight excluding hydrogens is 253 g/mol. The number of hydrogen-bond acceptors (Lipinski definition) is 2. The fourth-order valence-electron chi connectivity index (χ4n) is 0.987. The first-order chi connectivity index (χ1) is 6.79. The molecule has 15 heavy (non-hydrogen) atoms. The molecule has 0 radical (unpaired) electrons. The molecular formula is C8H6ClF3O2S. The van der Waals surface area contributed by atoms with Gasteiger partial charge in [-0.25, -0.2) is 21.6 Å². The maximum absolute atomic E-state index is 13.0. The molecule has 1 aromatic carbocycles. The zero-order valence-corrected chi connectivity index (χ0v) is 8.88. The van der Waals surface area contributed by atoms with Gasteiger partial charge in [0.2, 0.25) is 9.05 Å². The van der Waals surface area contributed by atoms with Gasteiger partial charge < -0.3 is 0 Å². The Kier molecular flexibility index (Phi) is 3.62. The molecule has 0 aliphatic carbocycles. The molecule has 2 nitrogen and oxygen atoms in total. The van der Waals surface area contributed by atoms with Crippen molar-refractivity contribution in [3.63, 3.8) is 0 Å². The van der Waals surface area contributed by atoms with Crippen molar-refractivity contribution in [2.45, 2.75) is 6.42 Å². The summed E-state index contributed by atoms with van der Waals surface area (Å²) in [5.41, 5.74) is -0.224. The summed E-state index contributed by atoms with van der Waals surface area (Å²) in [7, 11) is 1.12. The molecule has 0 heterocycles. The van der Waals surface area contributed by atoms with E-state index in [1.165, 1.54) is 0 Å². The van der Waals surface area contributed by atoms with E-state index < -0.39 is 32.3 Å². The zero-order chi connectivity index (χ0) is 11.6. The molecule has 0 aliphatic rings. The lowest BCUT2D eigenvalue weighted by Gasteiger charge is -2.02. The molecule has 0 aliphatic heterocycles. The highest BCUT2D eigenvalue weighted by atomic mass is 35.7. The second-order valence-corrected chi connectivity index (χ2v) is 5.75. The van der Waals surface area contributed by atoms with Gasteiger partial charge >= 0.3 is 0 Å². The van der Waals surface area contributed by atoms with Crippen LogP contribution in [0.5, 0.6) is 0 Å². The summed E-state index contributed by atoms with van der Waals surface area (Å²) in [5.74, 6) is -4.06. The van der Waals surface area contributed by atoms with Gasteiger partial charge in [0.15, 0.2) is 11.6 Å². The van der Waals surface area contributed by atoms with Crippen molar-refractivity contribution >= 4 is 19.7 Å². The van der Waals surface area contributed by atoms with Gasteiger partial charge in [-0.1, -0.05) is 0 Å². The largest absolute Gasteiger partial charge is 0.232 e. The molecule has 0 bridgehead atoms. The zero-order valence-electron chi connectivity index (χ0n) is 7.31. The monoisotopic (exact) mass is 258 g/mol. The van der Waals surface area contributed by atoms with Crippen LogP contribution < -0.4 is 0 Å². The lowest BCUT2D eigenvalue weighted by Crippen LogP contribution is -2.04. The molecule has 0 saturated heterocycles. The van der Waals surface area contributed by atoms with E-state index in [1.807, 2.05) is 0 Å². The lowest BCUT2D eigenvalue weighted by atomic mass is 10.1. The van der Waals surface area contributed by atoms with E-state index in [2.05, 4.69) is 0 Å². The fourth-order valence-corrected chi connectivity index (χ4v) is 1.68. The molecule has 0 aromatic heterocycles. The Balaban J connectivity index is 2.91. The number of benzene rings is 1. The fraction of sp³-hybridized carbons (Fsp3) is 0.250. The number of hydrogen-bond donors (Lipinski definition) is 0. The van der Waals surface area contributed by atoms with Crippen LogP contribution in [-0.2, 0) is 15.5 Å². The van der Waals surface area contributed by atoms with E-state index in [-0.39, 0.29) is 12.0 Å². The van der Waals surface area contributed by atoms with Crippen molar-refractivity contribution in [3.8, 4) is 0 Å². The van der Waals surface area contributed by atoms with Crippen molar-refractivity contribution in [1.29, 1.82) is 0 Å². The van der Waals surface area contributed by atoms with Crippen LogP contribution >= 0.6 is 10.7 Å². The van der Waals surface area contributed by atoms with Gasteiger partial charge in [-0.2, -0.15) is 0 Å². The molecule has 0 spiro atoms. The SMILES string of the molecule is O=S(=O)(Cl)CCc1cc(F)c(F)cc1F. The van der Waals surface area contributed by atoms with Gasteiger partial charge in [0.25, 0.3) is 0 Å². The summed E-state index contributed by atoms with van der Waals surface area (Å²) < 4.78 is 59.2. The van der Waals surface area contributed by atoms with E-state index >= 15 is 0 Å². The lowest BCUT2D eigenvalue weighted by molar-refractivity contribution is 0.490. The molecule has 0 saturated carbocycles. The van der Waals surface area contributed by atoms with Crippen molar-refractivity contribution in [2.24, 2.45) is 0 Å². The molecule has 0 amide bonds. The van der Waals surface area contributed by atoms with E-state index in [9.17, 15) is 21.6 Å². The Morgan fingerprint density at radius 3 is 2.13 bits per heavy atom. The minimum Gasteiger partial charge on any atom is -0.212 e. The summed E-state index contributed by atoms with van der Waals surface area (Å²) >= 11 is 0. The van der Waals surface area contributed by atoms with E-state index in [1.54, 1.807) is 0 Å². The number of rotatable bonds is 3. The third kappa shape index (κ3) is 3.71. The Hall–Kier alpha value is -0.750. The van der Waals surface area contributed by atoms with Crippen LogP contribution in [0.1, 0.15) is 5.56 Å². The number of halogens is 4. The minimum absolute atomic E-state index is 0.224. The summed E-state index contributed by atoms with van der Waals surface area (Å²) in [6.45, 7) is 0. The van der Waals surface area contributed by atoms with E-state index in [0.29, 0.717) is 12.1 Å². The average Bonchev–Trinajstić information content (AvgIpc) is 2.07. The van der Waals surface area contributed by atoms with Gasteiger partial charge in [0.1, 0.15) is 5.82 Å². The van der Waals surface area contributed by atoms with Gasteiger partial charge in [-0.15, -0.1) is 0 Å². The number of aryl methyl sites for hydroxylation is 1. The molecule has 0 atom stereocenters. The molecule has 84 valence electrons. The molecule has 1 aromatic rings. The normalized spacial score (nSPS) is 11.7. The standard InChI is InChI=1S/C8H6ClF3O2S/c9-15(13,14)2-1-5-3-7(11)8(12)4-6(5)10/h3-4H,1-2H2. The highest BCUT2D eigenvalue weighted by Crippen LogP contribution is 2.15. The third-order valence-corrected chi connectivity index (χ3v) is 2.86. The molecule has 0 N–H and O–H groups in total. The van der Waals surface area contributed by atoms with Crippen LogP contribution in [0.3, 0.4) is 0 Å². The van der Waals surface area contributed by atoms with Crippen molar-refractivity contribution in [1.82, 2.24) is 0 Å². The summed E-state index contributed by atoms with van der Waals surface area (Å²) in [4.78, 5) is 0. The van der Waals surface area contributed by atoms with Gasteiger partial charge in [0.05, 0.1) is 5.75 Å². The Bertz CT molecular complexity index is 473. The highest BCUT2D eigenvalue weighted by Gasteiger charge is 2.12. The maximum atomic E-state index is 13.0. The molecule has 0 unspecified atom stereocenters. The van der Waals surface area contributed by atoms with E-state index in [0.717, 1.165) is 0 Å². The smallest absolute Gasteiger partial charge is 0.212 e. The van der Waals surface area contributed by atoms with Gasteiger partial charge in [0, 0.05) is 16.7 Å². The second kappa shape index (κ2) is 4.40. The van der Waals surface area contributed by atoms with Crippen molar-refractivity contribution in [3.05, 3.63) is 35.1 Å². The average molecular weight is 259 g/mol. The second-order valence-electron chi connectivity index (χ2n) is 2.85. The molecule has 1 rings (SSSR count). The summed E-state index contributed by atoms with van der Waals surface area (Å²) in [6, 6.07) is 0.984. The van der Waals surface area contributed by atoms with Crippen molar-refractivity contribution in [2.75, 3.05) is 5.75 Å². The molecule has 7 heteroatoms. The maximum Gasteiger partial charge on any atom is 0.232 e. The first-order valence-corrected chi connectivity index (χ1v) is 6.33. The highest BCUT2D eigenvalue weighted by molar-refractivity contribution is 8.13. The third-order valence-electron chi connectivity index (χ3n) is 1.70. The first kappa shape index (κ1) is 12.3. The van der Waals surface area contributed by atoms with Crippen LogP contribution in [0.25, 0.3) is 0 Å². The molecule has 0 fully saturated rings. The van der Waals surface area contributed by atoms with Crippen LogP contribution in [0.15, 0.2) is 12.1 Å².